The van der Waals surface area contributed by atoms with Gasteiger partial charge in [-0.1, -0.05) is 18.2 Å². The Labute approximate surface area is 152 Å². The van der Waals surface area contributed by atoms with Crippen LogP contribution in [0.1, 0.15) is 16.1 Å². The van der Waals surface area contributed by atoms with Gasteiger partial charge in [0.2, 0.25) is 10.0 Å². The highest BCUT2D eigenvalue weighted by Gasteiger charge is 2.22. The number of sulfonamides is 1. The number of carbonyl (C=O) groups is 1. The van der Waals surface area contributed by atoms with Crippen molar-refractivity contribution in [1.82, 2.24) is 4.31 Å². The van der Waals surface area contributed by atoms with Gasteiger partial charge in [0.25, 0.3) is 5.91 Å². The van der Waals surface area contributed by atoms with Crippen molar-refractivity contribution in [2.24, 2.45) is 0 Å². The molecular formula is C19H18N2O4S. The van der Waals surface area contributed by atoms with Crippen LogP contribution in [0.3, 0.4) is 0 Å². The van der Waals surface area contributed by atoms with Crippen molar-refractivity contribution in [3.63, 3.8) is 0 Å². The van der Waals surface area contributed by atoms with Gasteiger partial charge in [-0.15, -0.1) is 0 Å². The average molecular weight is 370 g/mol. The van der Waals surface area contributed by atoms with Crippen molar-refractivity contribution in [2.75, 3.05) is 12.4 Å². The first-order chi connectivity index (χ1) is 12.5. The number of amides is 1. The largest absolute Gasteiger partial charge is 0.468 e. The molecular weight excluding hydrogens is 352 g/mol. The van der Waals surface area contributed by atoms with Crippen LogP contribution in [-0.2, 0) is 16.6 Å². The fourth-order valence-electron chi connectivity index (χ4n) is 2.39. The third-order valence-corrected chi connectivity index (χ3v) is 5.63. The third-order valence-electron chi connectivity index (χ3n) is 3.81. The van der Waals surface area contributed by atoms with Gasteiger partial charge in [0, 0.05) is 18.3 Å². The van der Waals surface area contributed by atoms with Crippen LogP contribution >= 0.6 is 0 Å². The van der Waals surface area contributed by atoms with Crippen LogP contribution in [0.2, 0.25) is 0 Å². The molecule has 26 heavy (non-hydrogen) atoms. The molecule has 0 spiro atoms. The molecule has 0 bridgehead atoms. The van der Waals surface area contributed by atoms with E-state index < -0.39 is 10.0 Å². The van der Waals surface area contributed by atoms with E-state index in [4.69, 9.17) is 4.42 Å². The van der Waals surface area contributed by atoms with Crippen LogP contribution in [0, 0.1) is 0 Å². The standard InChI is InChI=1S/C19H18N2O4S/c1-21(14-17-8-5-13-25-17)26(23,24)18-11-9-15(10-12-18)19(22)20-16-6-3-2-4-7-16/h2-13H,14H2,1H3,(H,20,22). The highest BCUT2D eigenvalue weighted by molar-refractivity contribution is 7.89. The zero-order valence-corrected chi connectivity index (χ0v) is 14.9. The molecule has 3 rings (SSSR count). The number of nitrogens with zero attached hydrogens (tertiary/aromatic N) is 1. The zero-order valence-electron chi connectivity index (χ0n) is 14.1. The lowest BCUT2D eigenvalue weighted by atomic mass is 10.2. The lowest BCUT2D eigenvalue weighted by Crippen LogP contribution is -2.26. The van der Waals surface area contributed by atoms with Crippen molar-refractivity contribution >= 4 is 21.6 Å². The van der Waals surface area contributed by atoms with Gasteiger partial charge < -0.3 is 9.73 Å². The summed E-state index contributed by atoms with van der Waals surface area (Å²) in [6, 6.07) is 18.3. The summed E-state index contributed by atoms with van der Waals surface area (Å²) in [5, 5.41) is 2.76. The first-order valence-corrected chi connectivity index (χ1v) is 9.36. The van der Waals surface area contributed by atoms with Crippen molar-refractivity contribution in [3.05, 3.63) is 84.3 Å². The normalized spacial score (nSPS) is 11.5. The minimum atomic E-state index is -3.67. The predicted octanol–water partition coefficient (Wildman–Crippen LogP) is 3.35. The summed E-state index contributed by atoms with van der Waals surface area (Å²) >= 11 is 0. The SMILES string of the molecule is CN(Cc1ccco1)S(=O)(=O)c1ccc(C(=O)Nc2ccccc2)cc1. The van der Waals surface area contributed by atoms with Gasteiger partial charge in [0.15, 0.2) is 0 Å². The number of hydrogen-bond acceptors (Lipinski definition) is 4. The van der Waals surface area contributed by atoms with E-state index in [-0.39, 0.29) is 17.3 Å². The molecule has 1 aromatic heterocycles. The summed E-state index contributed by atoms with van der Waals surface area (Å²) in [5.41, 5.74) is 1.05. The maximum Gasteiger partial charge on any atom is 0.255 e. The van der Waals surface area contributed by atoms with Crippen LogP contribution in [-0.4, -0.2) is 25.7 Å². The lowest BCUT2D eigenvalue weighted by Gasteiger charge is -2.16. The molecule has 0 unspecified atom stereocenters. The molecule has 0 saturated carbocycles. The summed E-state index contributed by atoms with van der Waals surface area (Å²) < 4.78 is 31.6. The quantitative estimate of drug-likeness (QED) is 0.722. The molecule has 0 fully saturated rings. The minimum Gasteiger partial charge on any atom is -0.468 e. The maximum absolute atomic E-state index is 12.6. The average Bonchev–Trinajstić information content (AvgIpc) is 3.15. The Morgan fingerprint density at radius 2 is 1.69 bits per heavy atom. The number of rotatable bonds is 6. The third kappa shape index (κ3) is 4.01. The molecule has 6 nitrogen and oxygen atoms in total. The zero-order chi connectivity index (χ0) is 18.6. The van der Waals surface area contributed by atoms with Gasteiger partial charge in [-0.05, 0) is 48.5 Å². The summed E-state index contributed by atoms with van der Waals surface area (Å²) in [6.45, 7) is 0.131. The van der Waals surface area contributed by atoms with Gasteiger partial charge in [-0.3, -0.25) is 4.79 Å². The van der Waals surface area contributed by atoms with E-state index in [0.717, 1.165) is 0 Å². The Bertz CT molecular complexity index is 966. The first-order valence-electron chi connectivity index (χ1n) is 7.92. The molecule has 134 valence electrons. The molecule has 1 amide bonds. The molecule has 1 N–H and O–H groups in total. The minimum absolute atomic E-state index is 0.114. The number of carbonyl (C=O) groups excluding carboxylic acids is 1. The summed E-state index contributed by atoms with van der Waals surface area (Å²) in [7, 11) is -2.19. The van der Waals surface area contributed by atoms with Gasteiger partial charge in [0.1, 0.15) is 5.76 Å². The van der Waals surface area contributed by atoms with Crippen molar-refractivity contribution in [1.29, 1.82) is 0 Å². The molecule has 0 radical (unpaired) electrons. The van der Waals surface area contributed by atoms with Crippen molar-refractivity contribution < 1.29 is 17.6 Å². The van der Waals surface area contributed by atoms with Gasteiger partial charge in [-0.25, -0.2) is 8.42 Å². The number of furan rings is 1. The van der Waals surface area contributed by atoms with Crippen molar-refractivity contribution in [3.8, 4) is 0 Å². The van der Waals surface area contributed by atoms with E-state index in [2.05, 4.69) is 5.32 Å². The van der Waals surface area contributed by atoms with Crippen molar-refractivity contribution in [2.45, 2.75) is 11.4 Å². The molecule has 3 aromatic rings. The first kappa shape index (κ1) is 17.9. The predicted molar refractivity (Wildman–Crippen MR) is 98.2 cm³/mol. The Morgan fingerprint density at radius 1 is 1.00 bits per heavy atom. The number of benzene rings is 2. The highest BCUT2D eigenvalue weighted by atomic mass is 32.2. The molecule has 0 aliphatic rings. The van der Waals surface area contributed by atoms with E-state index in [0.29, 0.717) is 17.0 Å². The second-order valence-electron chi connectivity index (χ2n) is 5.68. The summed E-state index contributed by atoms with van der Waals surface area (Å²) in [5.74, 6) is 0.249. The van der Waals surface area contributed by atoms with E-state index in [9.17, 15) is 13.2 Å². The Morgan fingerprint density at radius 3 is 2.31 bits per heavy atom. The monoisotopic (exact) mass is 370 g/mol. The fourth-order valence-corrected chi connectivity index (χ4v) is 3.53. The van der Waals surface area contributed by atoms with Crippen LogP contribution in [0.15, 0.2) is 82.3 Å². The number of para-hydroxylation sites is 1. The molecule has 2 aromatic carbocycles. The fraction of sp³-hybridized carbons (Fsp3) is 0.105. The van der Waals surface area contributed by atoms with Gasteiger partial charge in [-0.2, -0.15) is 4.31 Å². The Kier molecular flexibility index (Phi) is 5.20. The highest BCUT2D eigenvalue weighted by Crippen LogP contribution is 2.18. The van der Waals surface area contributed by atoms with Crippen LogP contribution < -0.4 is 5.32 Å². The molecule has 0 saturated heterocycles. The molecule has 0 aliphatic carbocycles. The smallest absolute Gasteiger partial charge is 0.255 e. The summed E-state index contributed by atoms with van der Waals surface area (Å²) in [4.78, 5) is 12.4. The number of anilines is 1. The Hall–Kier alpha value is -2.90. The van der Waals surface area contributed by atoms with E-state index in [1.54, 1.807) is 24.3 Å². The molecule has 0 atom stereocenters. The second-order valence-corrected chi connectivity index (χ2v) is 7.73. The van der Waals surface area contributed by atoms with E-state index in [1.807, 2.05) is 18.2 Å². The topological polar surface area (TPSA) is 79.6 Å². The summed E-state index contributed by atoms with van der Waals surface area (Å²) in [6.07, 6.45) is 1.50. The maximum atomic E-state index is 12.6. The molecule has 7 heteroatoms. The van der Waals surface area contributed by atoms with Crippen LogP contribution in [0.4, 0.5) is 5.69 Å². The number of nitrogens with one attached hydrogen (secondary N) is 1. The second kappa shape index (κ2) is 7.55. The van der Waals surface area contributed by atoms with Crippen LogP contribution in [0.5, 0.6) is 0 Å². The Balaban J connectivity index is 1.72. The van der Waals surface area contributed by atoms with Gasteiger partial charge >= 0.3 is 0 Å². The number of hydrogen-bond donors (Lipinski definition) is 1. The lowest BCUT2D eigenvalue weighted by molar-refractivity contribution is 0.102. The van der Waals surface area contributed by atoms with E-state index in [1.165, 1.54) is 41.9 Å². The van der Waals surface area contributed by atoms with Crippen LogP contribution in [0.25, 0.3) is 0 Å². The van der Waals surface area contributed by atoms with Gasteiger partial charge in [0.05, 0.1) is 17.7 Å². The van der Waals surface area contributed by atoms with E-state index >= 15 is 0 Å². The molecule has 1 heterocycles. The molecule has 0 aliphatic heterocycles.